The van der Waals surface area contributed by atoms with Crippen molar-refractivity contribution in [3.8, 4) is 0 Å². The summed E-state index contributed by atoms with van der Waals surface area (Å²) >= 11 is 1.96. The fourth-order valence-electron chi connectivity index (χ4n) is 1.13. The summed E-state index contributed by atoms with van der Waals surface area (Å²) in [6.07, 6.45) is 4.44. The first-order valence-corrected chi connectivity index (χ1v) is 5.72. The maximum absolute atomic E-state index is 2.25. The van der Waals surface area contributed by atoms with Crippen LogP contribution in [-0.4, -0.2) is 11.0 Å². The molecule has 0 heterocycles. The maximum Gasteiger partial charge on any atom is 0.0201 e. The monoisotopic (exact) mass is 192 g/mol. The highest BCUT2D eigenvalue weighted by atomic mass is 32.2. The van der Waals surface area contributed by atoms with E-state index in [1.807, 2.05) is 17.8 Å². The van der Waals surface area contributed by atoms with Crippen LogP contribution in [0.25, 0.3) is 6.08 Å². The molecule has 0 amide bonds. The van der Waals surface area contributed by atoms with E-state index in [0.717, 1.165) is 0 Å². The number of hydrogen-bond acceptors (Lipinski definition) is 1. The lowest BCUT2D eigenvalue weighted by molar-refractivity contribution is 1.25. The zero-order valence-corrected chi connectivity index (χ0v) is 9.05. The van der Waals surface area contributed by atoms with Crippen molar-refractivity contribution in [2.45, 2.75) is 19.1 Å². The molecule has 13 heavy (non-hydrogen) atoms. The van der Waals surface area contributed by atoms with Gasteiger partial charge in [0, 0.05) is 5.25 Å². The molecule has 0 aliphatic heterocycles. The second-order valence-electron chi connectivity index (χ2n) is 2.93. The topological polar surface area (TPSA) is 0 Å². The Morgan fingerprint density at radius 2 is 2.00 bits per heavy atom. The fourth-order valence-corrected chi connectivity index (χ4v) is 1.84. The van der Waals surface area contributed by atoms with Crippen LogP contribution in [0, 0.1) is 0 Å². The Morgan fingerprint density at radius 1 is 1.31 bits per heavy atom. The molecule has 1 atom stereocenters. The highest BCUT2D eigenvalue weighted by Gasteiger charge is 1.93. The minimum Gasteiger partial charge on any atom is -0.155 e. The highest BCUT2D eigenvalue weighted by Crippen LogP contribution is 2.12. The van der Waals surface area contributed by atoms with Crippen molar-refractivity contribution in [2.75, 3.05) is 5.75 Å². The summed E-state index contributed by atoms with van der Waals surface area (Å²) < 4.78 is 0. The molecule has 0 aliphatic carbocycles. The number of rotatable bonds is 4. The minimum atomic E-state index is 0.616. The van der Waals surface area contributed by atoms with Crippen LogP contribution in [0.4, 0.5) is 0 Å². The van der Waals surface area contributed by atoms with Crippen LogP contribution < -0.4 is 0 Å². The predicted octanol–water partition coefficient (Wildman–Crippen LogP) is 3.84. The van der Waals surface area contributed by atoms with E-state index in [9.17, 15) is 0 Å². The van der Waals surface area contributed by atoms with Gasteiger partial charge < -0.3 is 0 Å². The van der Waals surface area contributed by atoms with Gasteiger partial charge in [-0.2, -0.15) is 11.8 Å². The van der Waals surface area contributed by atoms with E-state index in [2.05, 4.69) is 50.3 Å². The van der Waals surface area contributed by atoms with Crippen molar-refractivity contribution >= 4 is 17.8 Å². The van der Waals surface area contributed by atoms with Crippen molar-refractivity contribution in [1.82, 2.24) is 0 Å². The van der Waals surface area contributed by atoms with E-state index in [1.165, 1.54) is 11.3 Å². The van der Waals surface area contributed by atoms with Gasteiger partial charge in [-0.15, -0.1) is 0 Å². The number of thioether (sulfide) groups is 1. The summed E-state index contributed by atoms with van der Waals surface area (Å²) in [4.78, 5) is 0. The molecule has 0 fully saturated rings. The Balaban J connectivity index is 2.49. The third kappa shape index (κ3) is 4.18. The average Bonchev–Trinajstić information content (AvgIpc) is 2.17. The average molecular weight is 192 g/mol. The lowest BCUT2D eigenvalue weighted by Crippen LogP contribution is -1.89. The zero-order valence-electron chi connectivity index (χ0n) is 8.23. The largest absolute Gasteiger partial charge is 0.155 e. The van der Waals surface area contributed by atoms with Gasteiger partial charge in [-0.05, 0) is 18.2 Å². The fraction of sp³-hybridized carbons (Fsp3) is 0.333. The molecule has 1 aromatic carbocycles. The Labute approximate surface area is 85.1 Å². The third-order valence-electron chi connectivity index (χ3n) is 1.79. The van der Waals surface area contributed by atoms with Gasteiger partial charge >= 0.3 is 0 Å². The van der Waals surface area contributed by atoms with Crippen molar-refractivity contribution in [3.05, 3.63) is 42.0 Å². The quantitative estimate of drug-likeness (QED) is 0.698. The van der Waals surface area contributed by atoms with Gasteiger partial charge in [0.05, 0.1) is 0 Å². The summed E-state index contributed by atoms with van der Waals surface area (Å²) in [5.74, 6) is 1.18. The molecule has 0 aliphatic rings. The summed E-state index contributed by atoms with van der Waals surface area (Å²) in [6.45, 7) is 4.42. The van der Waals surface area contributed by atoms with Gasteiger partial charge in [0.15, 0.2) is 0 Å². The predicted molar refractivity (Wildman–Crippen MR) is 63.1 cm³/mol. The second-order valence-corrected chi connectivity index (χ2v) is 4.58. The molecule has 0 spiro atoms. The van der Waals surface area contributed by atoms with Gasteiger partial charge in [-0.1, -0.05) is 49.4 Å². The molecule has 0 nitrogen and oxygen atoms in total. The molecule has 1 rings (SSSR count). The molecule has 0 aromatic heterocycles. The molecular weight excluding hydrogens is 176 g/mol. The van der Waals surface area contributed by atoms with E-state index in [4.69, 9.17) is 0 Å². The second kappa shape index (κ2) is 5.87. The molecule has 0 saturated heterocycles. The first kappa shape index (κ1) is 10.4. The van der Waals surface area contributed by atoms with Crippen LogP contribution in [0.5, 0.6) is 0 Å². The van der Waals surface area contributed by atoms with E-state index >= 15 is 0 Å². The molecule has 0 saturated carbocycles. The van der Waals surface area contributed by atoms with E-state index < -0.39 is 0 Å². The Morgan fingerprint density at radius 3 is 2.62 bits per heavy atom. The van der Waals surface area contributed by atoms with Gasteiger partial charge in [0.1, 0.15) is 0 Å². The number of benzene rings is 1. The van der Waals surface area contributed by atoms with Crippen LogP contribution in [0.3, 0.4) is 0 Å². The number of hydrogen-bond donors (Lipinski definition) is 0. The molecule has 1 unspecified atom stereocenters. The minimum absolute atomic E-state index is 0.616. The molecule has 70 valence electrons. The van der Waals surface area contributed by atoms with Crippen molar-refractivity contribution in [2.24, 2.45) is 0 Å². The van der Waals surface area contributed by atoms with E-state index in [-0.39, 0.29) is 0 Å². The maximum atomic E-state index is 2.25. The van der Waals surface area contributed by atoms with Crippen molar-refractivity contribution in [1.29, 1.82) is 0 Å². The van der Waals surface area contributed by atoms with Crippen LogP contribution in [0.2, 0.25) is 0 Å². The Kier molecular flexibility index (Phi) is 4.69. The summed E-state index contributed by atoms with van der Waals surface area (Å²) in [7, 11) is 0. The lowest BCUT2D eigenvalue weighted by Gasteiger charge is -2.01. The molecule has 0 bridgehead atoms. The van der Waals surface area contributed by atoms with Crippen LogP contribution in [-0.2, 0) is 0 Å². The van der Waals surface area contributed by atoms with E-state index in [0.29, 0.717) is 5.25 Å². The van der Waals surface area contributed by atoms with Gasteiger partial charge in [-0.25, -0.2) is 0 Å². The molecular formula is C12H16S. The summed E-state index contributed by atoms with van der Waals surface area (Å²) in [6, 6.07) is 10.4. The summed E-state index contributed by atoms with van der Waals surface area (Å²) in [5.41, 5.74) is 1.28. The molecule has 0 radical (unpaired) electrons. The first-order valence-electron chi connectivity index (χ1n) is 4.67. The summed E-state index contributed by atoms with van der Waals surface area (Å²) in [5, 5.41) is 0.616. The van der Waals surface area contributed by atoms with E-state index in [1.54, 1.807) is 0 Å². The van der Waals surface area contributed by atoms with Crippen LogP contribution in [0.1, 0.15) is 19.4 Å². The highest BCUT2D eigenvalue weighted by molar-refractivity contribution is 8.00. The normalized spacial score (nSPS) is 13.4. The smallest absolute Gasteiger partial charge is 0.0201 e. The standard InChI is InChI=1S/C12H16S/c1-3-13-11(2)9-10-12-7-5-4-6-8-12/h4-11H,3H2,1-2H3/b10-9+. The Bertz CT molecular complexity index is 251. The third-order valence-corrected chi connectivity index (χ3v) is 2.81. The molecule has 1 aromatic rings. The molecule has 0 N–H and O–H groups in total. The van der Waals surface area contributed by atoms with Gasteiger partial charge in [0.2, 0.25) is 0 Å². The zero-order chi connectivity index (χ0) is 9.52. The SMILES string of the molecule is CCSC(C)/C=C/c1ccccc1. The van der Waals surface area contributed by atoms with Crippen LogP contribution in [0.15, 0.2) is 36.4 Å². The first-order chi connectivity index (χ1) is 6.33. The van der Waals surface area contributed by atoms with Gasteiger partial charge in [0.25, 0.3) is 0 Å². The van der Waals surface area contributed by atoms with Crippen molar-refractivity contribution < 1.29 is 0 Å². The molecule has 1 heteroatoms. The van der Waals surface area contributed by atoms with Gasteiger partial charge in [-0.3, -0.25) is 0 Å². The Hall–Kier alpha value is -0.690. The van der Waals surface area contributed by atoms with Crippen LogP contribution >= 0.6 is 11.8 Å². The lowest BCUT2D eigenvalue weighted by atomic mass is 10.2. The van der Waals surface area contributed by atoms with Crippen molar-refractivity contribution in [3.63, 3.8) is 0 Å².